The lowest BCUT2D eigenvalue weighted by Gasteiger charge is -2.19. The molecule has 0 spiro atoms. The molecule has 1 atom stereocenters. The van der Waals surface area contributed by atoms with Gasteiger partial charge in [0.25, 0.3) is 0 Å². The summed E-state index contributed by atoms with van der Waals surface area (Å²) in [6, 6.07) is 1.59. The van der Waals surface area contributed by atoms with Crippen molar-refractivity contribution in [2.24, 2.45) is 0 Å². The van der Waals surface area contributed by atoms with Crippen LogP contribution in [0, 0.1) is 0 Å². The minimum absolute atomic E-state index is 0.695. The predicted molar refractivity (Wildman–Crippen MR) is 62.1 cm³/mol. The first-order valence-electron chi connectivity index (χ1n) is 6.37. The summed E-state index contributed by atoms with van der Waals surface area (Å²) in [5, 5.41) is 3.65. The Balaban J connectivity index is 1.55. The van der Waals surface area contributed by atoms with Gasteiger partial charge in [0.2, 0.25) is 0 Å². The zero-order chi connectivity index (χ0) is 10.5. The van der Waals surface area contributed by atoms with E-state index in [0.29, 0.717) is 6.04 Å². The Morgan fingerprint density at radius 3 is 2.87 bits per heavy atom. The van der Waals surface area contributed by atoms with Crippen LogP contribution in [-0.4, -0.2) is 50.3 Å². The molecule has 2 fully saturated rings. The van der Waals surface area contributed by atoms with Gasteiger partial charge < -0.3 is 15.0 Å². The summed E-state index contributed by atoms with van der Waals surface area (Å²) in [7, 11) is 2.25. The first-order chi connectivity index (χ1) is 7.36. The van der Waals surface area contributed by atoms with Crippen molar-refractivity contribution in [3.05, 3.63) is 0 Å². The van der Waals surface area contributed by atoms with Crippen molar-refractivity contribution in [2.45, 2.75) is 44.2 Å². The lowest BCUT2D eigenvalue weighted by Crippen LogP contribution is -2.36. The average Bonchev–Trinajstić information content (AvgIpc) is 3.06. The van der Waals surface area contributed by atoms with Crippen molar-refractivity contribution in [3.63, 3.8) is 0 Å². The second kappa shape index (κ2) is 5.83. The van der Waals surface area contributed by atoms with Crippen LogP contribution in [0.15, 0.2) is 0 Å². The molecular formula is C12H24N2O. The molecule has 1 heterocycles. The topological polar surface area (TPSA) is 24.5 Å². The molecule has 3 heteroatoms. The Kier molecular flexibility index (Phi) is 4.42. The molecule has 0 aromatic rings. The SMILES string of the molecule is CN(CCNC1CCCOCC1)C1CC1. The van der Waals surface area contributed by atoms with Gasteiger partial charge in [-0.15, -0.1) is 0 Å². The maximum Gasteiger partial charge on any atom is 0.0480 e. The van der Waals surface area contributed by atoms with Gasteiger partial charge in [-0.25, -0.2) is 0 Å². The Morgan fingerprint density at radius 2 is 2.07 bits per heavy atom. The van der Waals surface area contributed by atoms with E-state index in [1.807, 2.05) is 0 Å². The first-order valence-corrected chi connectivity index (χ1v) is 6.37. The lowest BCUT2D eigenvalue weighted by atomic mass is 10.1. The smallest absolute Gasteiger partial charge is 0.0480 e. The molecule has 0 aromatic carbocycles. The van der Waals surface area contributed by atoms with Crippen molar-refractivity contribution in [2.75, 3.05) is 33.4 Å². The second-order valence-corrected chi connectivity index (χ2v) is 4.91. The third-order valence-corrected chi connectivity index (χ3v) is 3.52. The highest BCUT2D eigenvalue weighted by molar-refractivity contribution is 4.82. The van der Waals surface area contributed by atoms with E-state index in [-0.39, 0.29) is 0 Å². The van der Waals surface area contributed by atoms with Crippen molar-refractivity contribution in [3.8, 4) is 0 Å². The van der Waals surface area contributed by atoms with Crippen LogP contribution in [0.25, 0.3) is 0 Å². The molecule has 2 aliphatic rings. The minimum Gasteiger partial charge on any atom is -0.381 e. The summed E-state index contributed by atoms with van der Waals surface area (Å²) in [4.78, 5) is 2.49. The van der Waals surface area contributed by atoms with E-state index in [0.717, 1.165) is 25.8 Å². The molecule has 0 amide bonds. The summed E-state index contributed by atoms with van der Waals surface area (Å²) < 4.78 is 5.45. The van der Waals surface area contributed by atoms with Crippen LogP contribution >= 0.6 is 0 Å². The fourth-order valence-electron chi connectivity index (χ4n) is 2.25. The fourth-order valence-corrected chi connectivity index (χ4v) is 2.25. The minimum atomic E-state index is 0.695. The van der Waals surface area contributed by atoms with Crippen LogP contribution in [0.5, 0.6) is 0 Å². The largest absolute Gasteiger partial charge is 0.381 e. The number of nitrogens with one attached hydrogen (secondary N) is 1. The number of ether oxygens (including phenoxy) is 1. The van der Waals surface area contributed by atoms with E-state index >= 15 is 0 Å². The lowest BCUT2D eigenvalue weighted by molar-refractivity contribution is 0.142. The van der Waals surface area contributed by atoms with Gasteiger partial charge in [-0.2, -0.15) is 0 Å². The molecule has 1 N–H and O–H groups in total. The van der Waals surface area contributed by atoms with E-state index in [2.05, 4.69) is 17.3 Å². The molecule has 1 saturated carbocycles. The van der Waals surface area contributed by atoms with E-state index < -0.39 is 0 Å². The summed E-state index contributed by atoms with van der Waals surface area (Å²) in [6.07, 6.45) is 6.51. The molecule has 0 bridgehead atoms. The monoisotopic (exact) mass is 212 g/mol. The fraction of sp³-hybridized carbons (Fsp3) is 1.00. The molecule has 88 valence electrons. The number of likely N-dealkylation sites (N-methyl/N-ethyl adjacent to an activating group) is 1. The maximum atomic E-state index is 5.45. The molecule has 2 rings (SSSR count). The van der Waals surface area contributed by atoms with Gasteiger partial charge >= 0.3 is 0 Å². The van der Waals surface area contributed by atoms with Crippen LogP contribution in [-0.2, 0) is 4.74 Å². The van der Waals surface area contributed by atoms with Gasteiger partial charge in [-0.1, -0.05) is 0 Å². The zero-order valence-corrected chi connectivity index (χ0v) is 9.87. The Bertz CT molecular complexity index is 174. The van der Waals surface area contributed by atoms with Crippen molar-refractivity contribution < 1.29 is 4.74 Å². The van der Waals surface area contributed by atoms with Crippen LogP contribution in [0.4, 0.5) is 0 Å². The van der Waals surface area contributed by atoms with Crippen LogP contribution in [0.2, 0.25) is 0 Å². The Labute approximate surface area is 93.2 Å². The summed E-state index contributed by atoms with van der Waals surface area (Å²) in [5.74, 6) is 0. The average molecular weight is 212 g/mol. The quantitative estimate of drug-likeness (QED) is 0.742. The van der Waals surface area contributed by atoms with Gasteiger partial charge in [0.1, 0.15) is 0 Å². The van der Waals surface area contributed by atoms with Gasteiger partial charge in [-0.05, 0) is 39.2 Å². The zero-order valence-electron chi connectivity index (χ0n) is 9.87. The molecule has 1 unspecified atom stereocenters. The van der Waals surface area contributed by atoms with E-state index in [1.54, 1.807) is 0 Å². The Morgan fingerprint density at radius 1 is 1.20 bits per heavy atom. The van der Waals surface area contributed by atoms with Gasteiger partial charge in [0.15, 0.2) is 0 Å². The third kappa shape index (κ3) is 4.09. The summed E-state index contributed by atoms with van der Waals surface area (Å²) in [5.41, 5.74) is 0. The molecule has 1 saturated heterocycles. The number of rotatable bonds is 5. The summed E-state index contributed by atoms with van der Waals surface area (Å²) in [6.45, 7) is 4.23. The standard InChI is InChI=1S/C12H24N2O/c1-14(12-4-5-12)8-7-13-11-3-2-9-15-10-6-11/h11-13H,2-10H2,1H3. The van der Waals surface area contributed by atoms with Crippen LogP contribution < -0.4 is 5.32 Å². The molecule has 15 heavy (non-hydrogen) atoms. The van der Waals surface area contributed by atoms with Gasteiger partial charge in [0, 0.05) is 38.4 Å². The summed E-state index contributed by atoms with van der Waals surface area (Å²) >= 11 is 0. The van der Waals surface area contributed by atoms with Crippen LogP contribution in [0.3, 0.4) is 0 Å². The number of hydrogen-bond acceptors (Lipinski definition) is 3. The first kappa shape index (κ1) is 11.4. The molecule has 1 aliphatic heterocycles. The highest BCUT2D eigenvalue weighted by atomic mass is 16.5. The normalized spacial score (nSPS) is 28.0. The molecule has 3 nitrogen and oxygen atoms in total. The predicted octanol–water partition coefficient (Wildman–Crippen LogP) is 1.24. The van der Waals surface area contributed by atoms with Crippen molar-refractivity contribution in [1.29, 1.82) is 0 Å². The van der Waals surface area contributed by atoms with E-state index in [1.165, 1.54) is 38.6 Å². The highest BCUT2D eigenvalue weighted by Gasteiger charge is 2.25. The van der Waals surface area contributed by atoms with Crippen LogP contribution in [0.1, 0.15) is 32.1 Å². The Hall–Kier alpha value is -0.120. The number of hydrogen-bond donors (Lipinski definition) is 1. The molecule has 1 aliphatic carbocycles. The van der Waals surface area contributed by atoms with Gasteiger partial charge in [-0.3, -0.25) is 0 Å². The second-order valence-electron chi connectivity index (χ2n) is 4.91. The van der Waals surface area contributed by atoms with E-state index in [4.69, 9.17) is 4.74 Å². The van der Waals surface area contributed by atoms with Gasteiger partial charge in [0.05, 0.1) is 0 Å². The van der Waals surface area contributed by atoms with E-state index in [9.17, 15) is 0 Å². The van der Waals surface area contributed by atoms with Crippen molar-refractivity contribution in [1.82, 2.24) is 10.2 Å². The molecular weight excluding hydrogens is 188 g/mol. The van der Waals surface area contributed by atoms with Crippen molar-refractivity contribution >= 4 is 0 Å². The highest BCUT2D eigenvalue weighted by Crippen LogP contribution is 2.24. The molecule has 0 aromatic heterocycles. The maximum absolute atomic E-state index is 5.45. The number of nitrogens with zero attached hydrogens (tertiary/aromatic N) is 1. The molecule has 0 radical (unpaired) electrons. The third-order valence-electron chi connectivity index (χ3n) is 3.52.